The highest BCUT2D eigenvalue weighted by Gasteiger charge is 2.20. The van der Waals surface area contributed by atoms with Gasteiger partial charge in [0.1, 0.15) is 0 Å². The van der Waals surface area contributed by atoms with Crippen molar-refractivity contribution in [1.82, 2.24) is 0 Å². The molecule has 12 heavy (non-hydrogen) atoms. The fraction of sp³-hybridized carbons (Fsp3) is 0.400. The number of fused-ring (bicyclic) bond motifs is 1. The molecule has 2 heteroatoms. The minimum Gasteiger partial charge on any atom is -0.0840 e. The molecular formula is C10H10BrCl. The van der Waals surface area contributed by atoms with Crippen molar-refractivity contribution in [3.8, 4) is 0 Å². The van der Waals surface area contributed by atoms with Gasteiger partial charge in [-0.1, -0.05) is 34.5 Å². The molecule has 1 aromatic carbocycles. The van der Waals surface area contributed by atoms with Crippen molar-refractivity contribution in [2.45, 2.75) is 25.7 Å². The van der Waals surface area contributed by atoms with Crippen LogP contribution in [0.4, 0.5) is 0 Å². The summed E-state index contributed by atoms with van der Waals surface area (Å²) in [6.45, 7) is 2.26. The van der Waals surface area contributed by atoms with Gasteiger partial charge in [-0.2, -0.15) is 0 Å². The average molecular weight is 246 g/mol. The van der Waals surface area contributed by atoms with Gasteiger partial charge in [-0.15, -0.1) is 0 Å². The Balaban J connectivity index is 2.60. The Morgan fingerprint density at radius 2 is 2.25 bits per heavy atom. The molecule has 0 saturated carbocycles. The van der Waals surface area contributed by atoms with E-state index in [1.807, 2.05) is 6.07 Å². The van der Waals surface area contributed by atoms with Crippen LogP contribution in [0.25, 0.3) is 0 Å². The SMILES string of the molecule is CC1CCc2c(Cl)cc(Br)cc21. The van der Waals surface area contributed by atoms with E-state index in [0.717, 1.165) is 15.9 Å². The second-order valence-corrected chi connectivity index (χ2v) is 4.72. The molecule has 1 aliphatic carbocycles. The number of hydrogen-bond donors (Lipinski definition) is 0. The van der Waals surface area contributed by atoms with E-state index in [1.54, 1.807) is 0 Å². The number of rotatable bonds is 0. The van der Waals surface area contributed by atoms with Crippen molar-refractivity contribution in [1.29, 1.82) is 0 Å². The van der Waals surface area contributed by atoms with Crippen molar-refractivity contribution in [3.63, 3.8) is 0 Å². The van der Waals surface area contributed by atoms with Gasteiger partial charge in [0.25, 0.3) is 0 Å². The maximum atomic E-state index is 6.11. The van der Waals surface area contributed by atoms with Gasteiger partial charge in [-0.25, -0.2) is 0 Å². The summed E-state index contributed by atoms with van der Waals surface area (Å²) in [6, 6.07) is 4.18. The summed E-state index contributed by atoms with van der Waals surface area (Å²) in [5.74, 6) is 0.676. The van der Waals surface area contributed by atoms with Crippen molar-refractivity contribution in [2.24, 2.45) is 0 Å². The lowest BCUT2D eigenvalue weighted by Gasteiger charge is -2.06. The Hall–Kier alpha value is -0.0100. The first kappa shape index (κ1) is 8.58. The fourth-order valence-electron chi connectivity index (χ4n) is 1.84. The number of hydrogen-bond acceptors (Lipinski definition) is 0. The molecule has 64 valence electrons. The molecule has 0 saturated heterocycles. The largest absolute Gasteiger partial charge is 0.0840 e. The molecule has 1 aromatic rings. The summed E-state index contributed by atoms with van der Waals surface area (Å²) in [5, 5.41) is 0.920. The highest BCUT2D eigenvalue weighted by molar-refractivity contribution is 9.10. The zero-order valence-corrected chi connectivity index (χ0v) is 9.24. The van der Waals surface area contributed by atoms with Crippen molar-refractivity contribution in [2.75, 3.05) is 0 Å². The predicted molar refractivity (Wildman–Crippen MR) is 55.9 cm³/mol. The Morgan fingerprint density at radius 1 is 1.50 bits per heavy atom. The predicted octanol–water partition coefficient (Wildman–Crippen LogP) is 4.15. The van der Waals surface area contributed by atoms with E-state index in [9.17, 15) is 0 Å². The van der Waals surface area contributed by atoms with Crippen LogP contribution < -0.4 is 0 Å². The highest BCUT2D eigenvalue weighted by atomic mass is 79.9. The smallest absolute Gasteiger partial charge is 0.0452 e. The van der Waals surface area contributed by atoms with E-state index >= 15 is 0 Å². The lowest BCUT2D eigenvalue weighted by atomic mass is 10.0. The molecular weight excluding hydrogens is 235 g/mol. The van der Waals surface area contributed by atoms with Gasteiger partial charge in [0.2, 0.25) is 0 Å². The van der Waals surface area contributed by atoms with Gasteiger partial charge in [-0.3, -0.25) is 0 Å². The molecule has 0 fully saturated rings. The van der Waals surface area contributed by atoms with E-state index in [0.29, 0.717) is 5.92 Å². The highest BCUT2D eigenvalue weighted by Crippen LogP contribution is 2.38. The van der Waals surface area contributed by atoms with Crippen LogP contribution in [0.2, 0.25) is 5.02 Å². The lowest BCUT2D eigenvalue weighted by Crippen LogP contribution is -1.86. The Bertz CT molecular complexity index is 320. The fourth-order valence-corrected chi connectivity index (χ4v) is 2.77. The first-order chi connectivity index (χ1) is 5.68. The van der Waals surface area contributed by atoms with Gasteiger partial charge in [-0.05, 0) is 42.0 Å². The number of halogens is 2. The zero-order chi connectivity index (χ0) is 8.72. The van der Waals surface area contributed by atoms with Crippen LogP contribution in [0.1, 0.15) is 30.4 Å². The minimum atomic E-state index is 0.676. The van der Waals surface area contributed by atoms with Crippen LogP contribution in [-0.2, 0) is 6.42 Å². The van der Waals surface area contributed by atoms with Crippen molar-refractivity contribution >= 4 is 27.5 Å². The standard InChI is InChI=1S/C10H10BrCl/c1-6-2-3-8-9(6)4-7(11)5-10(8)12/h4-6H,2-3H2,1H3. The molecule has 0 amide bonds. The average Bonchev–Trinajstić information content (AvgIpc) is 2.33. The van der Waals surface area contributed by atoms with Crippen molar-refractivity contribution < 1.29 is 0 Å². The molecule has 0 aliphatic heterocycles. The van der Waals surface area contributed by atoms with E-state index in [1.165, 1.54) is 17.5 Å². The molecule has 0 nitrogen and oxygen atoms in total. The topological polar surface area (TPSA) is 0 Å². The van der Waals surface area contributed by atoms with Gasteiger partial charge < -0.3 is 0 Å². The molecule has 0 heterocycles. The molecule has 1 atom stereocenters. The first-order valence-corrected chi connectivity index (χ1v) is 5.33. The molecule has 2 rings (SSSR count). The molecule has 1 unspecified atom stereocenters. The summed E-state index contributed by atoms with van der Waals surface area (Å²) in [7, 11) is 0. The lowest BCUT2D eigenvalue weighted by molar-refractivity contribution is 0.747. The van der Waals surface area contributed by atoms with E-state index in [4.69, 9.17) is 11.6 Å². The van der Waals surface area contributed by atoms with Crippen LogP contribution in [0.5, 0.6) is 0 Å². The summed E-state index contributed by atoms with van der Waals surface area (Å²) in [5.41, 5.74) is 2.78. The van der Waals surface area contributed by atoms with Gasteiger partial charge in [0.15, 0.2) is 0 Å². The third kappa shape index (κ3) is 1.29. The maximum absolute atomic E-state index is 6.11. The molecule has 0 aromatic heterocycles. The van der Waals surface area contributed by atoms with E-state index in [2.05, 4.69) is 28.9 Å². The summed E-state index contributed by atoms with van der Waals surface area (Å²) in [4.78, 5) is 0. The summed E-state index contributed by atoms with van der Waals surface area (Å²) >= 11 is 9.57. The third-order valence-corrected chi connectivity index (χ3v) is 3.35. The normalized spacial score (nSPS) is 21.1. The molecule has 0 N–H and O–H groups in total. The second kappa shape index (κ2) is 3.04. The van der Waals surface area contributed by atoms with Crippen LogP contribution in [0, 0.1) is 0 Å². The molecule has 0 spiro atoms. The van der Waals surface area contributed by atoms with Gasteiger partial charge in [0, 0.05) is 9.50 Å². The Labute approximate surface area is 86.1 Å². The molecule has 1 aliphatic rings. The third-order valence-electron chi connectivity index (χ3n) is 2.55. The van der Waals surface area contributed by atoms with Crippen LogP contribution >= 0.6 is 27.5 Å². The van der Waals surface area contributed by atoms with Crippen LogP contribution in [-0.4, -0.2) is 0 Å². The van der Waals surface area contributed by atoms with Crippen molar-refractivity contribution in [3.05, 3.63) is 32.8 Å². The van der Waals surface area contributed by atoms with Crippen LogP contribution in [0.3, 0.4) is 0 Å². The summed E-state index contributed by atoms with van der Waals surface area (Å²) in [6.07, 6.45) is 2.38. The van der Waals surface area contributed by atoms with E-state index in [-0.39, 0.29) is 0 Å². The molecule has 0 bridgehead atoms. The quantitative estimate of drug-likeness (QED) is 0.644. The summed E-state index contributed by atoms with van der Waals surface area (Å²) < 4.78 is 1.10. The first-order valence-electron chi connectivity index (χ1n) is 4.16. The molecule has 0 radical (unpaired) electrons. The van der Waals surface area contributed by atoms with Gasteiger partial charge >= 0.3 is 0 Å². The Morgan fingerprint density at radius 3 is 3.00 bits per heavy atom. The maximum Gasteiger partial charge on any atom is 0.0452 e. The van der Waals surface area contributed by atoms with E-state index < -0.39 is 0 Å². The minimum absolute atomic E-state index is 0.676. The monoisotopic (exact) mass is 244 g/mol. The van der Waals surface area contributed by atoms with Crippen LogP contribution in [0.15, 0.2) is 16.6 Å². The Kier molecular flexibility index (Phi) is 2.18. The van der Waals surface area contributed by atoms with Gasteiger partial charge in [0.05, 0.1) is 0 Å². The second-order valence-electron chi connectivity index (χ2n) is 3.40. The number of benzene rings is 1. The zero-order valence-electron chi connectivity index (χ0n) is 6.90.